The highest BCUT2D eigenvalue weighted by Gasteiger charge is 2.27. The van der Waals surface area contributed by atoms with Gasteiger partial charge in [-0.15, -0.1) is 0 Å². The van der Waals surface area contributed by atoms with E-state index in [-0.39, 0.29) is 6.04 Å². The molecular weight excluding hydrogens is 270 g/mol. The van der Waals surface area contributed by atoms with Crippen molar-refractivity contribution < 1.29 is 14.3 Å². The van der Waals surface area contributed by atoms with Gasteiger partial charge in [-0.25, -0.2) is 4.79 Å². The molecule has 0 aliphatic carbocycles. The second kappa shape index (κ2) is 7.38. The lowest BCUT2D eigenvalue weighted by Gasteiger charge is -2.31. The minimum atomic E-state index is -0.563. The van der Waals surface area contributed by atoms with Crippen molar-refractivity contribution in [3.8, 4) is 0 Å². The van der Waals surface area contributed by atoms with E-state index < -0.39 is 11.7 Å². The maximum absolute atomic E-state index is 12.4. The summed E-state index contributed by atoms with van der Waals surface area (Å²) in [7, 11) is 1.60. The highest BCUT2D eigenvalue weighted by molar-refractivity contribution is 5.88. The predicted octanol–water partition coefficient (Wildman–Crippen LogP) is 2.32. The van der Waals surface area contributed by atoms with E-state index in [1.165, 1.54) is 0 Å². The van der Waals surface area contributed by atoms with E-state index in [1.807, 2.05) is 33.8 Å². The number of nitrogens with zero attached hydrogens (tertiary/aromatic N) is 2. The standard InChI is InChI=1S/C15H25N3O3/c1-11(10-20-5)18(14(19)21-15(2,3)4)13-7-6-12(8-16)17-9-13/h6-7,9,11H,8,10,16H2,1-5H3. The molecule has 1 rings (SSSR count). The van der Waals surface area contributed by atoms with Gasteiger partial charge < -0.3 is 15.2 Å². The number of anilines is 1. The third kappa shape index (κ3) is 5.32. The van der Waals surface area contributed by atoms with E-state index in [0.29, 0.717) is 18.8 Å². The van der Waals surface area contributed by atoms with E-state index in [4.69, 9.17) is 15.2 Å². The van der Waals surface area contributed by atoms with Gasteiger partial charge in [0, 0.05) is 13.7 Å². The molecule has 0 fully saturated rings. The van der Waals surface area contributed by atoms with Crippen LogP contribution in [0.15, 0.2) is 18.3 Å². The molecule has 1 amide bonds. The summed E-state index contributed by atoms with van der Waals surface area (Å²) in [5.41, 5.74) is 6.40. The lowest BCUT2D eigenvalue weighted by molar-refractivity contribution is 0.0547. The Balaban J connectivity index is 3.03. The monoisotopic (exact) mass is 295 g/mol. The molecular formula is C15H25N3O3. The molecule has 21 heavy (non-hydrogen) atoms. The molecule has 118 valence electrons. The summed E-state index contributed by atoms with van der Waals surface area (Å²) in [4.78, 5) is 18.2. The minimum Gasteiger partial charge on any atom is -0.443 e. The van der Waals surface area contributed by atoms with Crippen molar-refractivity contribution in [2.75, 3.05) is 18.6 Å². The van der Waals surface area contributed by atoms with Crippen molar-refractivity contribution in [3.05, 3.63) is 24.0 Å². The molecule has 0 aromatic carbocycles. The molecule has 1 unspecified atom stereocenters. The molecule has 0 aliphatic rings. The van der Waals surface area contributed by atoms with Crippen LogP contribution in [-0.4, -0.2) is 36.4 Å². The average Bonchev–Trinajstić information content (AvgIpc) is 2.38. The van der Waals surface area contributed by atoms with Crippen LogP contribution in [0, 0.1) is 0 Å². The van der Waals surface area contributed by atoms with E-state index in [1.54, 1.807) is 24.3 Å². The maximum Gasteiger partial charge on any atom is 0.415 e. The summed E-state index contributed by atoms with van der Waals surface area (Å²) in [6, 6.07) is 3.44. The minimum absolute atomic E-state index is 0.171. The molecule has 0 aliphatic heterocycles. The number of amides is 1. The van der Waals surface area contributed by atoms with Gasteiger partial charge in [0.1, 0.15) is 5.60 Å². The smallest absolute Gasteiger partial charge is 0.415 e. The molecule has 1 heterocycles. The van der Waals surface area contributed by atoms with Crippen molar-refractivity contribution in [2.45, 2.75) is 45.9 Å². The molecule has 1 aromatic rings. The van der Waals surface area contributed by atoms with E-state index in [9.17, 15) is 4.79 Å². The number of ether oxygens (including phenoxy) is 2. The second-order valence-electron chi connectivity index (χ2n) is 5.87. The van der Waals surface area contributed by atoms with Crippen LogP contribution < -0.4 is 10.6 Å². The SMILES string of the molecule is COCC(C)N(C(=O)OC(C)(C)C)c1ccc(CN)nc1. The molecule has 0 saturated carbocycles. The van der Waals surface area contributed by atoms with Gasteiger partial charge in [-0.1, -0.05) is 0 Å². The first-order valence-corrected chi connectivity index (χ1v) is 6.94. The fraction of sp³-hybridized carbons (Fsp3) is 0.600. The number of hydrogen-bond acceptors (Lipinski definition) is 5. The number of carbonyl (C=O) groups excluding carboxylic acids is 1. The van der Waals surface area contributed by atoms with Crippen molar-refractivity contribution in [1.29, 1.82) is 0 Å². The van der Waals surface area contributed by atoms with Crippen molar-refractivity contribution in [1.82, 2.24) is 4.98 Å². The molecule has 1 atom stereocenters. The third-order valence-corrected chi connectivity index (χ3v) is 2.74. The first-order valence-electron chi connectivity index (χ1n) is 6.94. The molecule has 0 bridgehead atoms. The molecule has 0 saturated heterocycles. The summed E-state index contributed by atoms with van der Waals surface area (Å²) < 4.78 is 10.6. The predicted molar refractivity (Wildman–Crippen MR) is 82.2 cm³/mol. The van der Waals surface area contributed by atoms with Gasteiger partial charge in [0.2, 0.25) is 0 Å². The number of carbonyl (C=O) groups is 1. The zero-order valence-electron chi connectivity index (χ0n) is 13.4. The Labute approximate surface area is 126 Å². The number of rotatable bonds is 5. The average molecular weight is 295 g/mol. The number of hydrogen-bond donors (Lipinski definition) is 1. The fourth-order valence-electron chi connectivity index (χ4n) is 1.85. The normalized spacial score (nSPS) is 12.9. The molecule has 0 spiro atoms. The van der Waals surface area contributed by atoms with Crippen LogP contribution >= 0.6 is 0 Å². The van der Waals surface area contributed by atoms with Crippen LogP contribution in [0.25, 0.3) is 0 Å². The van der Waals surface area contributed by atoms with E-state index in [0.717, 1.165) is 5.69 Å². The number of pyridine rings is 1. The molecule has 0 radical (unpaired) electrons. The van der Waals surface area contributed by atoms with Gasteiger partial charge in [0.05, 0.1) is 30.2 Å². The molecule has 6 heteroatoms. The van der Waals surface area contributed by atoms with Gasteiger partial charge in [-0.05, 0) is 39.8 Å². The van der Waals surface area contributed by atoms with Crippen LogP contribution in [0.4, 0.5) is 10.5 Å². The van der Waals surface area contributed by atoms with Crippen molar-refractivity contribution in [2.24, 2.45) is 5.73 Å². The fourth-order valence-corrected chi connectivity index (χ4v) is 1.85. The van der Waals surface area contributed by atoms with Crippen LogP contribution in [0.1, 0.15) is 33.4 Å². The quantitative estimate of drug-likeness (QED) is 0.902. The van der Waals surface area contributed by atoms with E-state index in [2.05, 4.69) is 4.98 Å². The summed E-state index contributed by atoms with van der Waals surface area (Å²) in [5, 5.41) is 0. The number of nitrogens with two attached hydrogens (primary N) is 1. The van der Waals surface area contributed by atoms with Gasteiger partial charge in [0.25, 0.3) is 0 Å². The van der Waals surface area contributed by atoms with E-state index >= 15 is 0 Å². The summed E-state index contributed by atoms with van der Waals surface area (Å²) in [5.74, 6) is 0. The van der Waals surface area contributed by atoms with Gasteiger partial charge in [-0.2, -0.15) is 0 Å². The zero-order valence-corrected chi connectivity index (χ0v) is 13.4. The Morgan fingerprint density at radius 1 is 1.43 bits per heavy atom. The van der Waals surface area contributed by atoms with Crippen LogP contribution in [-0.2, 0) is 16.0 Å². The Morgan fingerprint density at radius 2 is 2.10 bits per heavy atom. The lowest BCUT2D eigenvalue weighted by Crippen LogP contribution is -2.44. The largest absolute Gasteiger partial charge is 0.443 e. The van der Waals surface area contributed by atoms with Gasteiger partial charge in [0.15, 0.2) is 0 Å². The lowest BCUT2D eigenvalue weighted by atomic mass is 10.2. The third-order valence-electron chi connectivity index (χ3n) is 2.74. The first kappa shape index (κ1) is 17.4. The highest BCUT2D eigenvalue weighted by Crippen LogP contribution is 2.20. The first-order chi connectivity index (χ1) is 9.78. The topological polar surface area (TPSA) is 77.7 Å². The molecule has 6 nitrogen and oxygen atoms in total. The number of aromatic nitrogens is 1. The van der Waals surface area contributed by atoms with Crippen LogP contribution in [0.5, 0.6) is 0 Å². The highest BCUT2D eigenvalue weighted by atomic mass is 16.6. The summed E-state index contributed by atoms with van der Waals surface area (Å²) >= 11 is 0. The van der Waals surface area contributed by atoms with Gasteiger partial charge >= 0.3 is 6.09 Å². The zero-order chi connectivity index (χ0) is 16.0. The Kier molecular flexibility index (Phi) is 6.11. The number of methoxy groups -OCH3 is 1. The van der Waals surface area contributed by atoms with Crippen molar-refractivity contribution in [3.63, 3.8) is 0 Å². The molecule has 2 N–H and O–H groups in total. The Morgan fingerprint density at radius 3 is 2.52 bits per heavy atom. The maximum atomic E-state index is 12.4. The second-order valence-corrected chi connectivity index (χ2v) is 5.87. The Bertz CT molecular complexity index is 454. The van der Waals surface area contributed by atoms with Gasteiger partial charge in [-0.3, -0.25) is 9.88 Å². The summed E-state index contributed by atoms with van der Waals surface area (Å²) in [6.07, 6.45) is 1.20. The Hall–Kier alpha value is -1.66. The van der Waals surface area contributed by atoms with Crippen molar-refractivity contribution >= 4 is 11.8 Å². The van der Waals surface area contributed by atoms with Crippen LogP contribution in [0.2, 0.25) is 0 Å². The molecule has 1 aromatic heterocycles. The van der Waals surface area contributed by atoms with Crippen LogP contribution in [0.3, 0.4) is 0 Å². The summed E-state index contributed by atoms with van der Waals surface area (Å²) in [6.45, 7) is 8.15.